The van der Waals surface area contributed by atoms with Crippen molar-refractivity contribution in [1.82, 2.24) is 0 Å². The number of hydrogen-bond acceptors (Lipinski definition) is 5. The van der Waals surface area contributed by atoms with E-state index in [9.17, 15) is 4.39 Å². The fourth-order valence-corrected chi connectivity index (χ4v) is 2.27. The van der Waals surface area contributed by atoms with Crippen molar-refractivity contribution in [2.75, 3.05) is 21.3 Å². The predicted octanol–water partition coefficient (Wildman–Crippen LogP) is 3.72. The Morgan fingerprint density at radius 3 is 2.26 bits per heavy atom. The summed E-state index contributed by atoms with van der Waals surface area (Å²) in [5, 5.41) is 12.2. The molecule has 0 aromatic heterocycles. The number of benzene rings is 2. The number of oxime groups is 1. The lowest BCUT2D eigenvalue weighted by Gasteiger charge is -2.16. The summed E-state index contributed by atoms with van der Waals surface area (Å²) >= 11 is 0. The molecule has 5 nitrogen and oxygen atoms in total. The molecule has 0 bridgehead atoms. The van der Waals surface area contributed by atoms with Crippen LogP contribution in [0.25, 0.3) is 11.1 Å². The Balaban J connectivity index is 2.73. The highest BCUT2D eigenvalue weighted by atomic mass is 19.1. The van der Waals surface area contributed by atoms with E-state index >= 15 is 0 Å². The third kappa shape index (κ3) is 3.21. The first-order chi connectivity index (χ1) is 11.0. The van der Waals surface area contributed by atoms with Gasteiger partial charge in [-0.1, -0.05) is 5.16 Å². The van der Waals surface area contributed by atoms with Crippen molar-refractivity contribution >= 4 is 5.71 Å². The maximum Gasteiger partial charge on any atom is 0.168 e. The fourth-order valence-electron chi connectivity index (χ4n) is 2.27. The van der Waals surface area contributed by atoms with Crippen LogP contribution in [-0.4, -0.2) is 32.2 Å². The van der Waals surface area contributed by atoms with Gasteiger partial charge in [0.25, 0.3) is 0 Å². The highest BCUT2D eigenvalue weighted by molar-refractivity contribution is 6.00. The Hall–Kier alpha value is -2.76. The summed E-state index contributed by atoms with van der Waals surface area (Å²) in [4.78, 5) is 0. The van der Waals surface area contributed by atoms with Gasteiger partial charge in [0.1, 0.15) is 11.6 Å². The molecule has 0 heterocycles. The zero-order valence-corrected chi connectivity index (χ0v) is 13.4. The zero-order valence-electron chi connectivity index (χ0n) is 13.4. The van der Waals surface area contributed by atoms with E-state index in [1.165, 1.54) is 27.4 Å². The predicted molar refractivity (Wildman–Crippen MR) is 85.5 cm³/mol. The molecule has 122 valence electrons. The van der Waals surface area contributed by atoms with Crippen molar-refractivity contribution in [3.63, 3.8) is 0 Å². The molecule has 0 aliphatic rings. The van der Waals surface area contributed by atoms with Gasteiger partial charge in [0, 0.05) is 22.8 Å². The third-order valence-corrected chi connectivity index (χ3v) is 3.51. The Morgan fingerprint density at radius 2 is 1.74 bits per heavy atom. The van der Waals surface area contributed by atoms with E-state index in [4.69, 9.17) is 19.4 Å². The van der Waals surface area contributed by atoms with Crippen LogP contribution < -0.4 is 14.2 Å². The van der Waals surface area contributed by atoms with Crippen LogP contribution in [0.3, 0.4) is 0 Å². The van der Waals surface area contributed by atoms with Crippen LogP contribution >= 0.6 is 0 Å². The van der Waals surface area contributed by atoms with Gasteiger partial charge in [0.05, 0.1) is 27.0 Å². The first-order valence-electron chi connectivity index (χ1n) is 6.84. The van der Waals surface area contributed by atoms with Crippen molar-refractivity contribution in [3.05, 3.63) is 41.7 Å². The van der Waals surface area contributed by atoms with Crippen molar-refractivity contribution in [1.29, 1.82) is 0 Å². The average molecular weight is 319 g/mol. The summed E-state index contributed by atoms with van der Waals surface area (Å²) in [6.45, 7) is 1.63. The molecule has 0 fully saturated rings. The van der Waals surface area contributed by atoms with Crippen LogP contribution in [-0.2, 0) is 0 Å². The number of methoxy groups -OCH3 is 3. The maximum atomic E-state index is 14.4. The molecule has 0 aliphatic carbocycles. The molecular formula is C17H18FNO4. The molecule has 0 radical (unpaired) electrons. The molecule has 0 atom stereocenters. The molecule has 0 amide bonds. The summed E-state index contributed by atoms with van der Waals surface area (Å²) in [5.41, 5.74) is 1.79. The van der Waals surface area contributed by atoms with E-state index in [1.54, 1.807) is 31.2 Å². The Labute approximate surface area is 133 Å². The van der Waals surface area contributed by atoms with Gasteiger partial charge in [-0.2, -0.15) is 0 Å². The molecule has 23 heavy (non-hydrogen) atoms. The molecule has 0 saturated heterocycles. The summed E-state index contributed by atoms with van der Waals surface area (Å²) in [7, 11) is 4.44. The van der Waals surface area contributed by atoms with Gasteiger partial charge in [-0.3, -0.25) is 0 Å². The SMILES string of the molecule is COc1ccc(-c2cc(/C(C)=N/O)cc(OC)c2OC)c(F)c1. The van der Waals surface area contributed by atoms with Gasteiger partial charge >= 0.3 is 0 Å². The maximum absolute atomic E-state index is 14.4. The lowest BCUT2D eigenvalue weighted by atomic mass is 9.98. The van der Waals surface area contributed by atoms with Crippen LogP contribution in [0, 0.1) is 5.82 Å². The Kier molecular flexibility index (Phi) is 5.05. The third-order valence-electron chi connectivity index (χ3n) is 3.51. The first-order valence-corrected chi connectivity index (χ1v) is 6.84. The number of rotatable bonds is 5. The number of halogens is 1. The van der Waals surface area contributed by atoms with E-state index < -0.39 is 5.82 Å². The standard InChI is InChI=1S/C17H18FNO4/c1-10(19-20)11-7-14(17(23-4)16(8-11)22-3)13-6-5-12(21-2)9-15(13)18/h5-9,20H,1-4H3/b19-10+. The van der Waals surface area contributed by atoms with Crippen molar-refractivity contribution in [2.24, 2.45) is 5.16 Å². The van der Waals surface area contributed by atoms with Gasteiger partial charge in [-0.05, 0) is 31.2 Å². The number of nitrogens with zero attached hydrogens (tertiary/aromatic N) is 1. The summed E-state index contributed by atoms with van der Waals surface area (Å²) in [6, 6.07) is 7.89. The van der Waals surface area contributed by atoms with Gasteiger partial charge in [0.2, 0.25) is 0 Å². The first kappa shape index (κ1) is 16.6. The smallest absolute Gasteiger partial charge is 0.168 e. The summed E-state index contributed by atoms with van der Waals surface area (Å²) in [5.74, 6) is 0.770. The quantitative estimate of drug-likeness (QED) is 0.518. The molecule has 0 unspecified atom stereocenters. The molecule has 2 rings (SSSR count). The van der Waals surface area contributed by atoms with Gasteiger partial charge in [-0.25, -0.2) is 4.39 Å². The molecule has 0 saturated carbocycles. The number of hydrogen-bond donors (Lipinski definition) is 1. The lowest BCUT2D eigenvalue weighted by Crippen LogP contribution is -2.01. The van der Waals surface area contributed by atoms with Crippen LogP contribution in [0.2, 0.25) is 0 Å². The normalized spacial score (nSPS) is 11.3. The minimum Gasteiger partial charge on any atom is -0.497 e. The average Bonchev–Trinajstić information content (AvgIpc) is 2.59. The van der Waals surface area contributed by atoms with Gasteiger partial charge < -0.3 is 19.4 Å². The van der Waals surface area contributed by atoms with E-state index in [0.717, 1.165) is 0 Å². The number of ether oxygens (including phenoxy) is 3. The van der Waals surface area contributed by atoms with Crippen LogP contribution in [0.15, 0.2) is 35.5 Å². The molecule has 1 N–H and O–H groups in total. The topological polar surface area (TPSA) is 60.3 Å². The molecule has 0 spiro atoms. The minimum atomic E-state index is -0.458. The van der Waals surface area contributed by atoms with E-state index in [2.05, 4.69) is 5.16 Å². The molecular weight excluding hydrogens is 301 g/mol. The highest BCUT2D eigenvalue weighted by Gasteiger charge is 2.18. The second kappa shape index (κ2) is 7.00. The van der Waals surface area contributed by atoms with Gasteiger partial charge in [-0.15, -0.1) is 0 Å². The highest BCUT2D eigenvalue weighted by Crippen LogP contribution is 2.41. The zero-order chi connectivity index (χ0) is 17.0. The molecule has 6 heteroatoms. The molecule has 2 aromatic carbocycles. The Morgan fingerprint density at radius 1 is 1.00 bits per heavy atom. The van der Waals surface area contributed by atoms with E-state index in [-0.39, 0.29) is 0 Å². The Bertz CT molecular complexity index is 744. The molecule has 0 aliphatic heterocycles. The largest absolute Gasteiger partial charge is 0.497 e. The second-order valence-corrected chi connectivity index (χ2v) is 4.79. The van der Waals surface area contributed by atoms with Crippen LogP contribution in [0.1, 0.15) is 12.5 Å². The van der Waals surface area contributed by atoms with Crippen LogP contribution in [0.5, 0.6) is 17.2 Å². The van der Waals surface area contributed by atoms with Gasteiger partial charge in [0.15, 0.2) is 11.5 Å². The van der Waals surface area contributed by atoms with Crippen LogP contribution in [0.4, 0.5) is 4.39 Å². The minimum absolute atomic E-state index is 0.327. The van der Waals surface area contributed by atoms with Crippen molar-refractivity contribution < 1.29 is 23.8 Å². The fraction of sp³-hybridized carbons (Fsp3) is 0.235. The summed E-state index contributed by atoms with van der Waals surface area (Å²) in [6.07, 6.45) is 0. The van der Waals surface area contributed by atoms with Crippen molar-refractivity contribution in [2.45, 2.75) is 6.92 Å². The summed E-state index contributed by atoms with van der Waals surface area (Å²) < 4.78 is 30.1. The van der Waals surface area contributed by atoms with E-state index in [0.29, 0.717) is 39.7 Å². The monoisotopic (exact) mass is 319 g/mol. The molecule has 2 aromatic rings. The van der Waals surface area contributed by atoms with E-state index in [1.807, 2.05) is 0 Å². The lowest BCUT2D eigenvalue weighted by molar-refractivity contribution is 0.319. The van der Waals surface area contributed by atoms with Crippen molar-refractivity contribution in [3.8, 4) is 28.4 Å². The second-order valence-electron chi connectivity index (χ2n) is 4.79.